The fourth-order valence-electron chi connectivity index (χ4n) is 1.03. The third-order valence-corrected chi connectivity index (χ3v) is 2.26. The summed E-state index contributed by atoms with van der Waals surface area (Å²) in [5.41, 5.74) is 0. The van der Waals surface area contributed by atoms with E-state index in [1.165, 1.54) is 0 Å². The van der Waals surface area contributed by atoms with Gasteiger partial charge in [0.2, 0.25) is 0 Å². The molecule has 2 aromatic rings. The summed E-state index contributed by atoms with van der Waals surface area (Å²) in [4.78, 5) is 3.01. The van der Waals surface area contributed by atoms with Crippen LogP contribution >= 0.6 is 27.5 Å². The van der Waals surface area contributed by atoms with Gasteiger partial charge in [-0.15, -0.1) is 0 Å². The Morgan fingerprint density at radius 3 is 2.67 bits per heavy atom. The average molecular weight is 246 g/mol. The second-order valence-electron chi connectivity index (χ2n) is 2.43. The summed E-state index contributed by atoms with van der Waals surface area (Å²) in [6.45, 7) is 0. The van der Waals surface area contributed by atoms with Gasteiger partial charge in [0.05, 0.1) is 0 Å². The van der Waals surface area contributed by atoms with Crippen molar-refractivity contribution in [1.82, 2.24) is 9.55 Å². The monoisotopic (exact) mass is 244 g/mol. The van der Waals surface area contributed by atoms with Crippen LogP contribution in [0.5, 0.6) is 0 Å². The summed E-state index contributed by atoms with van der Waals surface area (Å²) in [5.74, 6) is 0.964. The summed E-state index contributed by atoms with van der Waals surface area (Å²) < 4.78 is 3.00. The molecule has 0 fully saturated rings. The zero-order valence-corrected chi connectivity index (χ0v) is 8.43. The summed E-state index contributed by atoms with van der Waals surface area (Å²) in [5, 5.41) is 0.648. The molecule has 0 atom stereocenters. The number of halogens is 2. The number of nitrogens with one attached hydrogen (secondary N) is 1. The number of hydrogen-bond donors (Lipinski definition) is 1. The molecule has 0 bridgehead atoms. The zero-order valence-electron chi connectivity index (χ0n) is 6.09. The third-order valence-electron chi connectivity index (χ3n) is 1.57. The molecule has 0 aliphatic rings. The molecule has 0 saturated heterocycles. The molecule has 0 saturated carbocycles. The first-order valence-electron chi connectivity index (χ1n) is 3.44. The Morgan fingerprint density at radius 1 is 1.33 bits per heavy atom. The first-order valence-corrected chi connectivity index (χ1v) is 4.61. The van der Waals surface area contributed by atoms with E-state index in [0.717, 1.165) is 10.3 Å². The Hall–Kier alpha value is -0.670. The standard InChI is InChI=1S/C8H6BrClN2/c9-6-3-4-12(5-6)8-2-1-7(10)11-8/h1-5,11H. The van der Waals surface area contributed by atoms with Crippen molar-refractivity contribution in [1.29, 1.82) is 0 Å². The van der Waals surface area contributed by atoms with Crippen LogP contribution < -0.4 is 0 Å². The fraction of sp³-hybridized carbons (Fsp3) is 0. The molecule has 2 rings (SSSR count). The van der Waals surface area contributed by atoms with Gasteiger partial charge in [-0.05, 0) is 34.1 Å². The Balaban J connectivity index is 2.43. The highest BCUT2D eigenvalue weighted by molar-refractivity contribution is 9.10. The van der Waals surface area contributed by atoms with Crippen LogP contribution in [0.1, 0.15) is 0 Å². The van der Waals surface area contributed by atoms with E-state index in [9.17, 15) is 0 Å². The first kappa shape index (κ1) is 7.95. The number of hydrogen-bond acceptors (Lipinski definition) is 0. The molecule has 0 unspecified atom stereocenters. The van der Waals surface area contributed by atoms with Gasteiger partial charge < -0.3 is 9.55 Å². The van der Waals surface area contributed by atoms with Crippen molar-refractivity contribution in [3.63, 3.8) is 0 Å². The van der Waals surface area contributed by atoms with Gasteiger partial charge in [-0.1, -0.05) is 11.6 Å². The van der Waals surface area contributed by atoms with Gasteiger partial charge in [0.1, 0.15) is 11.0 Å². The second kappa shape index (κ2) is 2.99. The molecule has 0 aliphatic carbocycles. The van der Waals surface area contributed by atoms with Crippen LogP contribution in [0, 0.1) is 0 Å². The van der Waals surface area contributed by atoms with Gasteiger partial charge >= 0.3 is 0 Å². The average Bonchev–Trinajstić information content (AvgIpc) is 2.58. The van der Waals surface area contributed by atoms with Gasteiger partial charge in [0.15, 0.2) is 0 Å². The normalized spacial score (nSPS) is 10.5. The van der Waals surface area contributed by atoms with Crippen LogP contribution in [0.3, 0.4) is 0 Å². The predicted octanol–water partition coefficient (Wildman–Crippen LogP) is 3.22. The number of nitrogens with zero attached hydrogens (tertiary/aromatic N) is 1. The first-order chi connectivity index (χ1) is 5.75. The lowest BCUT2D eigenvalue weighted by Gasteiger charge is -1.95. The molecule has 0 spiro atoms. The van der Waals surface area contributed by atoms with Crippen LogP contribution in [0.25, 0.3) is 5.82 Å². The highest BCUT2D eigenvalue weighted by Gasteiger charge is 1.98. The predicted molar refractivity (Wildman–Crippen MR) is 52.8 cm³/mol. The summed E-state index contributed by atoms with van der Waals surface area (Å²) in [6, 6.07) is 5.72. The smallest absolute Gasteiger partial charge is 0.115 e. The van der Waals surface area contributed by atoms with E-state index in [4.69, 9.17) is 11.6 Å². The molecule has 0 aliphatic heterocycles. The maximum Gasteiger partial charge on any atom is 0.115 e. The largest absolute Gasteiger partial charge is 0.332 e. The summed E-state index contributed by atoms with van der Waals surface area (Å²) in [6.07, 6.45) is 3.91. The lowest BCUT2D eigenvalue weighted by molar-refractivity contribution is 1.03. The van der Waals surface area contributed by atoms with Crippen molar-refractivity contribution in [2.24, 2.45) is 0 Å². The van der Waals surface area contributed by atoms with Crippen molar-refractivity contribution < 1.29 is 0 Å². The van der Waals surface area contributed by atoms with Gasteiger partial charge in [0, 0.05) is 16.9 Å². The SMILES string of the molecule is Clc1ccc(-n2ccc(Br)c2)[nH]1. The minimum absolute atomic E-state index is 0.648. The number of rotatable bonds is 1. The van der Waals surface area contributed by atoms with E-state index in [1.54, 1.807) is 0 Å². The topological polar surface area (TPSA) is 20.7 Å². The molecular weight excluding hydrogens is 239 g/mol. The van der Waals surface area contributed by atoms with E-state index in [2.05, 4.69) is 20.9 Å². The number of H-pyrrole nitrogens is 1. The van der Waals surface area contributed by atoms with Crippen molar-refractivity contribution >= 4 is 27.5 Å². The van der Waals surface area contributed by atoms with Crippen molar-refractivity contribution in [2.45, 2.75) is 0 Å². The van der Waals surface area contributed by atoms with Gasteiger partial charge in [-0.25, -0.2) is 0 Å². The van der Waals surface area contributed by atoms with Gasteiger partial charge in [0.25, 0.3) is 0 Å². The van der Waals surface area contributed by atoms with Crippen LogP contribution in [0.15, 0.2) is 35.1 Å². The molecule has 1 N–H and O–H groups in total. The minimum Gasteiger partial charge on any atom is -0.332 e. The van der Waals surface area contributed by atoms with Crippen molar-refractivity contribution in [3.05, 3.63) is 40.2 Å². The molecular formula is C8H6BrClN2. The fourth-order valence-corrected chi connectivity index (χ4v) is 1.53. The van der Waals surface area contributed by atoms with Crippen LogP contribution in [-0.2, 0) is 0 Å². The Labute approximate surface area is 83.3 Å². The van der Waals surface area contributed by atoms with E-state index >= 15 is 0 Å². The van der Waals surface area contributed by atoms with E-state index in [0.29, 0.717) is 5.15 Å². The summed E-state index contributed by atoms with van der Waals surface area (Å²) >= 11 is 9.10. The van der Waals surface area contributed by atoms with E-state index in [-0.39, 0.29) is 0 Å². The molecule has 12 heavy (non-hydrogen) atoms. The Morgan fingerprint density at radius 2 is 2.17 bits per heavy atom. The van der Waals surface area contributed by atoms with Gasteiger partial charge in [-0.3, -0.25) is 0 Å². The lowest BCUT2D eigenvalue weighted by Crippen LogP contribution is -1.87. The Kier molecular flexibility index (Phi) is 1.98. The maximum absolute atomic E-state index is 5.74. The van der Waals surface area contributed by atoms with E-state index in [1.807, 2.05) is 35.2 Å². The van der Waals surface area contributed by atoms with Crippen LogP contribution in [-0.4, -0.2) is 9.55 Å². The molecule has 2 heterocycles. The highest BCUT2D eigenvalue weighted by atomic mass is 79.9. The molecule has 0 radical (unpaired) electrons. The van der Waals surface area contributed by atoms with Crippen LogP contribution in [0.2, 0.25) is 5.15 Å². The maximum atomic E-state index is 5.74. The zero-order chi connectivity index (χ0) is 8.55. The molecule has 0 aromatic carbocycles. The molecule has 2 nitrogen and oxygen atoms in total. The Bertz CT molecular complexity index is 353. The second-order valence-corrected chi connectivity index (χ2v) is 3.75. The lowest BCUT2D eigenvalue weighted by atomic mass is 10.6. The summed E-state index contributed by atoms with van der Waals surface area (Å²) in [7, 11) is 0. The third kappa shape index (κ3) is 1.42. The minimum atomic E-state index is 0.648. The molecule has 2 aromatic heterocycles. The highest BCUT2D eigenvalue weighted by Crippen LogP contribution is 2.16. The van der Waals surface area contributed by atoms with Crippen LogP contribution in [0.4, 0.5) is 0 Å². The van der Waals surface area contributed by atoms with Crippen molar-refractivity contribution in [3.8, 4) is 5.82 Å². The number of aromatic amines is 1. The van der Waals surface area contributed by atoms with Crippen molar-refractivity contribution in [2.75, 3.05) is 0 Å². The molecule has 0 amide bonds. The molecule has 4 heteroatoms. The molecule has 62 valence electrons. The quantitative estimate of drug-likeness (QED) is 0.796. The van der Waals surface area contributed by atoms with Gasteiger partial charge in [-0.2, -0.15) is 0 Å². The number of aromatic nitrogens is 2. The van der Waals surface area contributed by atoms with E-state index < -0.39 is 0 Å².